The van der Waals surface area contributed by atoms with Crippen LogP contribution in [0.4, 0.5) is 0 Å². The Morgan fingerprint density at radius 2 is 0.447 bits per heavy atom. The summed E-state index contributed by atoms with van der Waals surface area (Å²) in [5.74, 6) is 0.882. The Morgan fingerprint density at radius 1 is 0.266 bits per heavy atom. The SMILES string of the molecule is CC(C)CCCCCCCCCCCCCCCCCCC(=O)OC[C@H](COP(=O)(O)OCC(O)COP(=O)(O)OC[C@@H](COC(=O)CCCCCCCCCC(C)C)OC(=O)CCCCCCCCCCCCC(C)C)OC(=O)CCCCCCCCCCCC(C)C. The van der Waals surface area contributed by atoms with Crippen molar-refractivity contribution in [2.45, 2.75) is 395 Å². The molecule has 0 radical (unpaired) electrons. The van der Waals surface area contributed by atoms with Crippen LogP contribution in [-0.2, 0) is 65.4 Å². The summed E-state index contributed by atoms with van der Waals surface area (Å²) in [7, 11) is -9.91. The first kappa shape index (κ1) is 92.1. The van der Waals surface area contributed by atoms with Gasteiger partial charge in [-0.15, -0.1) is 0 Å². The van der Waals surface area contributed by atoms with Crippen molar-refractivity contribution in [2.24, 2.45) is 23.7 Å². The molecule has 0 aromatic carbocycles. The maximum absolute atomic E-state index is 13.1. The molecule has 0 spiro atoms. The summed E-state index contributed by atoms with van der Waals surface area (Å²) in [6, 6.07) is 0. The Hall–Kier alpha value is -1.94. The third-order valence-electron chi connectivity index (χ3n) is 17.3. The molecule has 19 heteroatoms. The van der Waals surface area contributed by atoms with Gasteiger partial charge in [0.25, 0.3) is 0 Å². The summed E-state index contributed by atoms with van der Waals surface area (Å²) in [6.45, 7) is 14.1. The number of phosphoric acid groups is 2. The van der Waals surface area contributed by atoms with Gasteiger partial charge in [-0.25, -0.2) is 9.13 Å². The van der Waals surface area contributed by atoms with Gasteiger partial charge in [0.2, 0.25) is 0 Å². The van der Waals surface area contributed by atoms with Crippen LogP contribution in [-0.4, -0.2) is 96.7 Å². The summed E-state index contributed by atoms with van der Waals surface area (Å²) in [4.78, 5) is 72.7. The van der Waals surface area contributed by atoms with E-state index in [4.69, 9.17) is 37.0 Å². The zero-order chi connectivity index (χ0) is 69.6. The highest BCUT2D eigenvalue weighted by Crippen LogP contribution is 2.45. The van der Waals surface area contributed by atoms with E-state index in [1.807, 2.05) is 0 Å². The average Bonchev–Trinajstić information content (AvgIpc) is 2.75. The van der Waals surface area contributed by atoms with Crippen LogP contribution < -0.4 is 0 Å². The topological polar surface area (TPSA) is 237 Å². The van der Waals surface area contributed by atoms with E-state index in [1.165, 1.54) is 173 Å². The summed E-state index contributed by atoms with van der Waals surface area (Å²) in [6.07, 6.45) is 48.7. The van der Waals surface area contributed by atoms with Crippen molar-refractivity contribution in [3.05, 3.63) is 0 Å². The second kappa shape index (κ2) is 64.4. The number of carbonyl (C=O) groups excluding carboxylic acids is 4. The van der Waals surface area contributed by atoms with Gasteiger partial charge in [-0.3, -0.25) is 37.3 Å². The first-order chi connectivity index (χ1) is 45.1. The van der Waals surface area contributed by atoms with Gasteiger partial charge < -0.3 is 33.8 Å². The predicted molar refractivity (Wildman–Crippen MR) is 381 cm³/mol. The van der Waals surface area contributed by atoms with Crippen LogP contribution in [0.15, 0.2) is 0 Å². The number of hydrogen-bond donors (Lipinski definition) is 3. The molecule has 0 aromatic rings. The van der Waals surface area contributed by atoms with Crippen LogP contribution in [0.25, 0.3) is 0 Å². The van der Waals surface area contributed by atoms with E-state index >= 15 is 0 Å². The smallest absolute Gasteiger partial charge is 0.462 e. The molecule has 5 atom stereocenters. The maximum atomic E-state index is 13.1. The van der Waals surface area contributed by atoms with Crippen LogP contribution in [0.1, 0.15) is 376 Å². The van der Waals surface area contributed by atoms with E-state index in [0.29, 0.717) is 31.6 Å². The van der Waals surface area contributed by atoms with Crippen LogP contribution in [0.3, 0.4) is 0 Å². The quantitative estimate of drug-likeness (QED) is 0.0222. The molecule has 0 fully saturated rings. The standard InChI is InChI=1S/C75H146O17P2/c1-65(2)51-43-35-27-20-15-13-11-9-10-12-14-16-23-31-39-47-55-72(77)85-61-70(92-75(80)58-50-42-33-25-19-22-29-37-45-53-67(5)6)63-89-93(81,82)87-59-69(76)60-88-94(83,84)90-64-71(62-86-73(78)56-48-40-34-26-30-38-46-54-68(7)8)91-74(79)57-49-41-32-24-18-17-21-28-36-44-52-66(3)4/h65-71,76H,9-64H2,1-8H3,(H,81,82)(H,83,84)/t69?,70-,71-/m1/s1. The van der Waals surface area contributed by atoms with Gasteiger partial charge in [-0.05, 0) is 49.4 Å². The lowest BCUT2D eigenvalue weighted by Gasteiger charge is -2.21. The maximum Gasteiger partial charge on any atom is 0.472 e. The predicted octanol–water partition coefficient (Wildman–Crippen LogP) is 21.7. The number of ether oxygens (including phenoxy) is 4. The molecule has 3 unspecified atom stereocenters. The number of esters is 4. The molecule has 3 N–H and O–H groups in total. The first-order valence-corrected chi connectivity index (χ1v) is 41.7. The average molecular weight is 1380 g/mol. The number of aliphatic hydroxyl groups is 1. The number of aliphatic hydroxyl groups excluding tert-OH is 1. The largest absolute Gasteiger partial charge is 0.472 e. The summed E-state index contributed by atoms with van der Waals surface area (Å²) >= 11 is 0. The van der Waals surface area contributed by atoms with E-state index in [0.717, 1.165) is 114 Å². The molecule has 0 heterocycles. The third kappa shape index (κ3) is 68.6. The monoisotopic (exact) mass is 1380 g/mol. The van der Waals surface area contributed by atoms with Crippen LogP contribution in [0, 0.1) is 23.7 Å². The minimum atomic E-state index is -4.96. The van der Waals surface area contributed by atoms with Crippen molar-refractivity contribution in [2.75, 3.05) is 39.6 Å². The Kier molecular flexibility index (Phi) is 63.1. The Morgan fingerprint density at radius 3 is 0.660 bits per heavy atom. The van der Waals surface area contributed by atoms with E-state index < -0.39 is 97.5 Å². The molecular formula is C75H146O17P2. The molecule has 0 aliphatic carbocycles. The molecule has 0 bridgehead atoms. The minimum absolute atomic E-state index is 0.105. The second-order valence-corrected chi connectivity index (χ2v) is 31.9. The van der Waals surface area contributed by atoms with Gasteiger partial charge in [0.05, 0.1) is 26.4 Å². The van der Waals surface area contributed by atoms with Gasteiger partial charge in [-0.2, -0.15) is 0 Å². The van der Waals surface area contributed by atoms with Crippen molar-refractivity contribution >= 4 is 39.5 Å². The first-order valence-electron chi connectivity index (χ1n) is 38.7. The zero-order valence-electron chi connectivity index (χ0n) is 61.6. The number of hydrogen-bond acceptors (Lipinski definition) is 15. The molecule has 0 aliphatic heterocycles. The third-order valence-corrected chi connectivity index (χ3v) is 19.2. The summed E-state index contributed by atoms with van der Waals surface area (Å²) < 4.78 is 68.4. The van der Waals surface area contributed by atoms with Gasteiger partial charge >= 0.3 is 39.5 Å². The molecule has 0 aromatic heterocycles. The molecule has 0 amide bonds. The second-order valence-electron chi connectivity index (χ2n) is 28.9. The van der Waals surface area contributed by atoms with Crippen molar-refractivity contribution in [3.63, 3.8) is 0 Å². The Bertz CT molecular complexity index is 1850. The molecule has 94 heavy (non-hydrogen) atoms. The molecule has 17 nitrogen and oxygen atoms in total. The lowest BCUT2D eigenvalue weighted by Crippen LogP contribution is -2.30. The molecule has 0 saturated carbocycles. The number of phosphoric ester groups is 2. The van der Waals surface area contributed by atoms with E-state index in [2.05, 4.69) is 55.4 Å². The van der Waals surface area contributed by atoms with Gasteiger partial charge in [0.15, 0.2) is 12.2 Å². The van der Waals surface area contributed by atoms with Crippen LogP contribution >= 0.6 is 15.6 Å². The lowest BCUT2D eigenvalue weighted by atomic mass is 10.0. The highest BCUT2D eigenvalue weighted by molar-refractivity contribution is 7.47. The fourth-order valence-corrected chi connectivity index (χ4v) is 13.0. The van der Waals surface area contributed by atoms with Crippen molar-refractivity contribution in [1.82, 2.24) is 0 Å². The van der Waals surface area contributed by atoms with Gasteiger partial charge in [0.1, 0.15) is 19.3 Å². The van der Waals surface area contributed by atoms with Crippen molar-refractivity contribution in [1.29, 1.82) is 0 Å². The molecule has 558 valence electrons. The van der Waals surface area contributed by atoms with E-state index in [-0.39, 0.29) is 25.7 Å². The fourth-order valence-electron chi connectivity index (χ4n) is 11.4. The molecular weight excluding hydrogens is 1230 g/mol. The molecule has 0 rings (SSSR count). The van der Waals surface area contributed by atoms with Crippen LogP contribution in [0.2, 0.25) is 0 Å². The summed E-state index contributed by atoms with van der Waals surface area (Å²) in [5, 5.41) is 10.6. The number of rotatable bonds is 72. The molecule has 0 aliphatic rings. The van der Waals surface area contributed by atoms with Crippen molar-refractivity contribution < 1.29 is 80.2 Å². The lowest BCUT2D eigenvalue weighted by molar-refractivity contribution is -0.161. The minimum Gasteiger partial charge on any atom is -0.462 e. The highest BCUT2D eigenvalue weighted by atomic mass is 31.2. The normalized spacial score (nSPS) is 14.2. The van der Waals surface area contributed by atoms with E-state index in [1.54, 1.807) is 0 Å². The number of unbranched alkanes of at least 4 members (excludes halogenated alkanes) is 38. The van der Waals surface area contributed by atoms with Gasteiger partial charge in [-0.1, -0.05) is 325 Å². The fraction of sp³-hybridized carbons (Fsp3) is 0.947. The number of carbonyl (C=O) groups is 4. The summed E-state index contributed by atoms with van der Waals surface area (Å²) in [5.41, 5.74) is 0. The van der Waals surface area contributed by atoms with Crippen molar-refractivity contribution in [3.8, 4) is 0 Å². The zero-order valence-corrected chi connectivity index (χ0v) is 63.4. The van der Waals surface area contributed by atoms with Gasteiger partial charge in [0, 0.05) is 25.7 Å². The molecule has 0 saturated heterocycles. The Balaban J connectivity index is 5.21. The Labute approximate surface area is 575 Å². The van der Waals surface area contributed by atoms with E-state index in [9.17, 15) is 43.2 Å². The highest BCUT2D eigenvalue weighted by Gasteiger charge is 2.30. The van der Waals surface area contributed by atoms with Crippen LogP contribution in [0.5, 0.6) is 0 Å².